The summed E-state index contributed by atoms with van der Waals surface area (Å²) in [5.41, 5.74) is 3.21. The second-order valence-electron chi connectivity index (χ2n) is 9.91. The van der Waals surface area contributed by atoms with E-state index >= 15 is 0 Å². The number of carbonyl (C=O) groups is 2. The van der Waals surface area contributed by atoms with Crippen molar-refractivity contribution in [3.8, 4) is 11.5 Å². The lowest BCUT2D eigenvalue weighted by Gasteiger charge is -2.19. The third-order valence-corrected chi connectivity index (χ3v) is 5.20. The Bertz CT molecular complexity index is 1010. The van der Waals surface area contributed by atoms with Gasteiger partial charge in [-0.3, -0.25) is 0 Å². The zero-order valence-electron chi connectivity index (χ0n) is 19.6. The van der Waals surface area contributed by atoms with Gasteiger partial charge in [0.2, 0.25) is 0 Å². The number of ether oxygens (including phenoxy) is 2. The van der Waals surface area contributed by atoms with Crippen molar-refractivity contribution in [2.45, 2.75) is 52.4 Å². The van der Waals surface area contributed by atoms with E-state index in [0.29, 0.717) is 22.6 Å². The first-order chi connectivity index (χ1) is 14.9. The molecule has 3 aromatic carbocycles. The van der Waals surface area contributed by atoms with Crippen LogP contribution in [0.2, 0.25) is 0 Å². The minimum atomic E-state index is -0.466. The molecular formula is C28H30O4. The number of hydrogen-bond donors (Lipinski definition) is 0. The Hall–Kier alpha value is -3.40. The van der Waals surface area contributed by atoms with E-state index in [4.69, 9.17) is 9.47 Å². The van der Waals surface area contributed by atoms with Gasteiger partial charge in [0, 0.05) is 6.07 Å². The summed E-state index contributed by atoms with van der Waals surface area (Å²) in [5, 5.41) is 0. The van der Waals surface area contributed by atoms with Crippen molar-refractivity contribution in [3.63, 3.8) is 0 Å². The van der Waals surface area contributed by atoms with Crippen LogP contribution >= 0.6 is 0 Å². The summed E-state index contributed by atoms with van der Waals surface area (Å²) in [6.45, 7) is 12.7. The molecule has 0 saturated carbocycles. The Morgan fingerprint density at radius 1 is 0.562 bits per heavy atom. The Morgan fingerprint density at radius 3 is 1.22 bits per heavy atom. The maximum atomic E-state index is 12.5. The van der Waals surface area contributed by atoms with Crippen LogP contribution in [0.3, 0.4) is 0 Å². The van der Waals surface area contributed by atoms with E-state index in [-0.39, 0.29) is 10.8 Å². The maximum absolute atomic E-state index is 12.5. The van der Waals surface area contributed by atoms with Crippen molar-refractivity contribution in [2.24, 2.45) is 0 Å². The fourth-order valence-corrected chi connectivity index (χ4v) is 3.15. The Balaban J connectivity index is 1.67. The van der Waals surface area contributed by atoms with Crippen molar-refractivity contribution >= 4 is 11.9 Å². The molecule has 0 aromatic heterocycles. The van der Waals surface area contributed by atoms with E-state index < -0.39 is 11.9 Å². The lowest BCUT2D eigenvalue weighted by molar-refractivity contribution is 0.0733. The average Bonchev–Trinajstić information content (AvgIpc) is 2.73. The maximum Gasteiger partial charge on any atom is 0.343 e. The third-order valence-electron chi connectivity index (χ3n) is 5.20. The van der Waals surface area contributed by atoms with Crippen LogP contribution in [-0.2, 0) is 10.8 Å². The number of rotatable bonds is 4. The molecule has 4 heteroatoms. The topological polar surface area (TPSA) is 52.6 Å². The molecule has 0 heterocycles. The zero-order valence-corrected chi connectivity index (χ0v) is 19.6. The van der Waals surface area contributed by atoms with Crippen molar-refractivity contribution in [2.75, 3.05) is 0 Å². The van der Waals surface area contributed by atoms with Gasteiger partial charge in [-0.15, -0.1) is 0 Å². The minimum Gasteiger partial charge on any atom is -0.423 e. The van der Waals surface area contributed by atoms with Gasteiger partial charge >= 0.3 is 11.9 Å². The fraction of sp³-hybridized carbons (Fsp3) is 0.286. The molecule has 0 N–H and O–H groups in total. The lowest BCUT2D eigenvalue weighted by Crippen LogP contribution is -2.13. The predicted octanol–water partition coefficient (Wildman–Crippen LogP) is 6.72. The molecule has 0 atom stereocenters. The van der Waals surface area contributed by atoms with Gasteiger partial charge in [0.05, 0.1) is 11.1 Å². The van der Waals surface area contributed by atoms with Gasteiger partial charge in [0.25, 0.3) is 0 Å². The smallest absolute Gasteiger partial charge is 0.343 e. The van der Waals surface area contributed by atoms with Gasteiger partial charge in [-0.2, -0.15) is 0 Å². The quantitative estimate of drug-likeness (QED) is 0.340. The normalized spacial score (nSPS) is 11.7. The number of carbonyl (C=O) groups excluding carboxylic acids is 2. The van der Waals surface area contributed by atoms with Crippen molar-refractivity contribution in [3.05, 3.63) is 95.1 Å². The number of benzene rings is 3. The summed E-state index contributed by atoms with van der Waals surface area (Å²) in [6.07, 6.45) is 0. The van der Waals surface area contributed by atoms with Gasteiger partial charge in [-0.05, 0) is 58.4 Å². The highest BCUT2D eigenvalue weighted by atomic mass is 16.5. The first kappa shape index (κ1) is 23.3. The second kappa shape index (κ2) is 8.99. The molecule has 0 spiro atoms. The van der Waals surface area contributed by atoms with Crippen molar-refractivity contribution in [1.29, 1.82) is 0 Å². The first-order valence-corrected chi connectivity index (χ1v) is 10.7. The molecule has 0 radical (unpaired) electrons. The molecular weight excluding hydrogens is 400 g/mol. The molecule has 3 aromatic rings. The second-order valence-corrected chi connectivity index (χ2v) is 9.91. The molecule has 0 unspecified atom stereocenters. The summed E-state index contributed by atoms with van der Waals surface area (Å²) >= 11 is 0. The highest BCUT2D eigenvalue weighted by molar-refractivity contribution is 5.92. The first-order valence-electron chi connectivity index (χ1n) is 10.7. The molecule has 0 aliphatic carbocycles. The summed E-state index contributed by atoms with van der Waals surface area (Å²) < 4.78 is 11.0. The average molecular weight is 431 g/mol. The van der Waals surface area contributed by atoms with Crippen LogP contribution in [0.4, 0.5) is 0 Å². The summed E-state index contributed by atoms with van der Waals surface area (Å²) in [4.78, 5) is 25.0. The zero-order chi connectivity index (χ0) is 23.5. The van der Waals surface area contributed by atoms with E-state index in [1.165, 1.54) is 6.07 Å². The highest BCUT2D eigenvalue weighted by Crippen LogP contribution is 2.25. The van der Waals surface area contributed by atoms with Crippen LogP contribution < -0.4 is 9.47 Å². The summed E-state index contributed by atoms with van der Waals surface area (Å²) in [7, 11) is 0. The Labute approximate surface area is 190 Å². The van der Waals surface area contributed by atoms with Crippen molar-refractivity contribution < 1.29 is 19.1 Å². The van der Waals surface area contributed by atoms with E-state index in [9.17, 15) is 9.59 Å². The van der Waals surface area contributed by atoms with Crippen LogP contribution in [0.25, 0.3) is 0 Å². The highest BCUT2D eigenvalue weighted by Gasteiger charge is 2.17. The largest absolute Gasteiger partial charge is 0.423 e. The van der Waals surface area contributed by atoms with Gasteiger partial charge < -0.3 is 9.47 Å². The van der Waals surface area contributed by atoms with Crippen LogP contribution in [0, 0.1) is 0 Å². The molecule has 0 saturated heterocycles. The van der Waals surface area contributed by atoms with E-state index in [1.54, 1.807) is 42.5 Å². The summed E-state index contributed by atoms with van der Waals surface area (Å²) in [6, 6.07) is 21.3. The van der Waals surface area contributed by atoms with Crippen molar-refractivity contribution in [1.82, 2.24) is 0 Å². The molecule has 0 fully saturated rings. The number of hydrogen-bond acceptors (Lipinski definition) is 4. The molecule has 3 rings (SSSR count). The molecule has 0 bridgehead atoms. The van der Waals surface area contributed by atoms with E-state index in [0.717, 1.165) is 11.1 Å². The number of esters is 2. The Kier molecular flexibility index (Phi) is 6.54. The monoisotopic (exact) mass is 430 g/mol. The molecule has 32 heavy (non-hydrogen) atoms. The van der Waals surface area contributed by atoms with Gasteiger partial charge in [0.15, 0.2) is 0 Å². The standard InChI is InChI=1S/C28H30O4/c1-27(2,3)21-14-10-19(11-15-21)25(29)31-23-8-7-9-24(18-23)32-26(30)20-12-16-22(17-13-20)28(4,5)6/h7-18H,1-6H3. The van der Waals surface area contributed by atoms with Gasteiger partial charge in [0.1, 0.15) is 11.5 Å². The van der Waals surface area contributed by atoms with Crippen LogP contribution in [0.5, 0.6) is 11.5 Å². The van der Waals surface area contributed by atoms with Gasteiger partial charge in [-0.1, -0.05) is 71.9 Å². The summed E-state index contributed by atoms with van der Waals surface area (Å²) in [5.74, 6) is -0.315. The van der Waals surface area contributed by atoms with E-state index in [2.05, 4.69) is 41.5 Å². The van der Waals surface area contributed by atoms with E-state index in [1.807, 2.05) is 24.3 Å². The minimum absolute atomic E-state index is 0.00765. The third kappa shape index (κ3) is 5.85. The fourth-order valence-electron chi connectivity index (χ4n) is 3.15. The molecule has 0 aliphatic heterocycles. The Morgan fingerprint density at radius 2 is 0.906 bits per heavy atom. The molecule has 4 nitrogen and oxygen atoms in total. The predicted molar refractivity (Wildman–Crippen MR) is 127 cm³/mol. The SMILES string of the molecule is CC(C)(C)c1ccc(C(=O)Oc2cccc(OC(=O)c3ccc(C(C)(C)C)cc3)c2)cc1. The van der Waals surface area contributed by atoms with Crippen LogP contribution in [0.1, 0.15) is 73.4 Å². The molecule has 0 aliphatic rings. The lowest BCUT2D eigenvalue weighted by atomic mass is 9.87. The molecule has 0 amide bonds. The molecule has 166 valence electrons. The van der Waals surface area contributed by atoms with Crippen LogP contribution in [-0.4, -0.2) is 11.9 Å². The van der Waals surface area contributed by atoms with Gasteiger partial charge in [-0.25, -0.2) is 9.59 Å². The van der Waals surface area contributed by atoms with Crippen LogP contribution in [0.15, 0.2) is 72.8 Å².